The Morgan fingerprint density at radius 3 is 2.41 bits per heavy atom. The van der Waals surface area contributed by atoms with E-state index in [4.69, 9.17) is 4.74 Å². The minimum atomic E-state index is -0.864. The van der Waals surface area contributed by atoms with Crippen molar-refractivity contribution in [3.05, 3.63) is 28.2 Å². The van der Waals surface area contributed by atoms with Crippen LogP contribution in [0.1, 0.15) is 20.8 Å². The first-order chi connectivity index (χ1) is 7.69. The van der Waals surface area contributed by atoms with Crippen LogP contribution < -0.4 is 5.32 Å². The third kappa shape index (κ3) is 4.30. The molecule has 94 valence electrons. The van der Waals surface area contributed by atoms with Gasteiger partial charge in [0.05, 0.1) is 10.2 Å². The molecule has 6 heteroatoms. The van der Waals surface area contributed by atoms with Gasteiger partial charge in [0.25, 0.3) is 0 Å². The Kier molecular flexibility index (Phi) is 4.08. The maximum Gasteiger partial charge on any atom is 0.412 e. The molecular formula is C11H12BrF2NO2. The monoisotopic (exact) mass is 307 g/mol. The van der Waals surface area contributed by atoms with Gasteiger partial charge in [0.15, 0.2) is 0 Å². The molecule has 0 bridgehead atoms. The maximum absolute atomic E-state index is 13.3. The topological polar surface area (TPSA) is 38.3 Å². The minimum absolute atomic E-state index is 0.0601. The molecule has 0 atom stereocenters. The molecule has 0 aliphatic carbocycles. The number of ether oxygens (including phenoxy) is 1. The van der Waals surface area contributed by atoms with Crippen molar-refractivity contribution in [3.63, 3.8) is 0 Å². The average molecular weight is 308 g/mol. The zero-order chi connectivity index (χ0) is 13.2. The van der Waals surface area contributed by atoms with E-state index in [9.17, 15) is 13.6 Å². The van der Waals surface area contributed by atoms with Crippen LogP contribution in [0.5, 0.6) is 0 Å². The number of carbonyl (C=O) groups is 1. The SMILES string of the molecule is CC(C)(C)OC(=O)Nc1cc(Br)c(F)cc1F. The first-order valence-corrected chi connectivity index (χ1v) is 5.63. The minimum Gasteiger partial charge on any atom is -0.444 e. The van der Waals surface area contributed by atoms with E-state index in [2.05, 4.69) is 21.2 Å². The first kappa shape index (κ1) is 13.9. The molecule has 17 heavy (non-hydrogen) atoms. The van der Waals surface area contributed by atoms with Crippen LogP contribution in [-0.4, -0.2) is 11.7 Å². The van der Waals surface area contributed by atoms with Crippen LogP contribution in [-0.2, 0) is 4.74 Å². The number of rotatable bonds is 1. The van der Waals surface area contributed by atoms with Gasteiger partial charge in [0, 0.05) is 6.07 Å². The summed E-state index contributed by atoms with van der Waals surface area (Å²) in [5.74, 6) is -1.60. The van der Waals surface area contributed by atoms with Gasteiger partial charge in [0.2, 0.25) is 0 Å². The van der Waals surface area contributed by atoms with Crippen LogP contribution in [0.3, 0.4) is 0 Å². The molecular weight excluding hydrogens is 296 g/mol. The predicted octanol–water partition coefficient (Wildman–Crippen LogP) is 4.07. The molecule has 1 aromatic rings. The molecule has 0 unspecified atom stereocenters. The fraction of sp³-hybridized carbons (Fsp3) is 0.364. The number of anilines is 1. The number of halogens is 3. The van der Waals surface area contributed by atoms with Crippen molar-refractivity contribution in [3.8, 4) is 0 Å². The van der Waals surface area contributed by atoms with Crippen LogP contribution in [0.2, 0.25) is 0 Å². The summed E-state index contributed by atoms with van der Waals surface area (Å²) in [5.41, 5.74) is -0.829. The Morgan fingerprint density at radius 1 is 1.29 bits per heavy atom. The molecule has 0 fully saturated rings. The van der Waals surface area contributed by atoms with E-state index in [0.717, 1.165) is 6.07 Å². The summed E-state index contributed by atoms with van der Waals surface area (Å²) in [6.45, 7) is 5.05. The molecule has 0 spiro atoms. The zero-order valence-corrected chi connectivity index (χ0v) is 11.2. The molecule has 0 saturated heterocycles. The number of amides is 1. The lowest BCUT2D eigenvalue weighted by atomic mass is 10.2. The van der Waals surface area contributed by atoms with E-state index < -0.39 is 23.3 Å². The highest BCUT2D eigenvalue weighted by Gasteiger charge is 2.18. The second-order valence-electron chi connectivity index (χ2n) is 4.37. The third-order valence-corrected chi connectivity index (χ3v) is 2.25. The predicted molar refractivity (Wildman–Crippen MR) is 63.9 cm³/mol. The van der Waals surface area contributed by atoms with E-state index in [1.165, 1.54) is 0 Å². The van der Waals surface area contributed by atoms with E-state index in [1.807, 2.05) is 0 Å². The Bertz CT molecular complexity index is 444. The lowest BCUT2D eigenvalue weighted by Gasteiger charge is -2.19. The molecule has 0 aromatic heterocycles. The van der Waals surface area contributed by atoms with Crippen LogP contribution in [0.4, 0.5) is 19.3 Å². The van der Waals surface area contributed by atoms with Gasteiger partial charge < -0.3 is 4.74 Å². The Labute approximate surface area is 106 Å². The van der Waals surface area contributed by atoms with Crippen molar-refractivity contribution in [2.24, 2.45) is 0 Å². The van der Waals surface area contributed by atoms with Gasteiger partial charge in [-0.15, -0.1) is 0 Å². The van der Waals surface area contributed by atoms with Gasteiger partial charge in [-0.2, -0.15) is 0 Å². The highest BCUT2D eigenvalue weighted by Crippen LogP contribution is 2.24. The number of hydrogen-bond donors (Lipinski definition) is 1. The van der Waals surface area contributed by atoms with Gasteiger partial charge in [0.1, 0.15) is 17.2 Å². The Hall–Kier alpha value is -1.17. The molecule has 1 N–H and O–H groups in total. The zero-order valence-electron chi connectivity index (χ0n) is 9.61. The number of hydrogen-bond acceptors (Lipinski definition) is 2. The van der Waals surface area contributed by atoms with Crippen molar-refractivity contribution in [2.75, 3.05) is 5.32 Å². The highest BCUT2D eigenvalue weighted by atomic mass is 79.9. The molecule has 0 aliphatic rings. The maximum atomic E-state index is 13.3. The smallest absolute Gasteiger partial charge is 0.412 e. The quantitative estimate of drug-likeness (QED) is 0.794. The summed E-state index contributed by atoms with van der Waals surface area (Å²) in [7, 11) is 0. The molecule has 0 saturated carbocycles. The summed E-state index contributed by atoms with van der Waals surface area (Å²) < 4.78 is 31.2. The van der Waals surface area contributed by atoms with Gasteiger partial charge in [-0.05, 0) is 42.8 Å². The molecule has 3 nitrogen and oxygen atoms in total. The Morgan fingerprint density at radius 2 is 1.88 bits per heavy atom. The normalized spacial score (nSPS) is 11.2. The molecule has 0 heterocycles. The Balaban J connectivity index is 2.82. The summed E-state index contributed by atoms with van der Waals surface area (Å²) >= 11 is 2.90. The van der Waals surface area contributed by atoms with Crippen LogP contribution in [0.15, 0.2) is 16.6 Å². The molecule has 1 aromatic carbocycles. The molecule has 0 aliphatic heterocycles. The van der Waals surface area contributed by atoms with E-state index >= 15 is 0 Å². The van der Waals surface area contributed by atoms with Crippen LogP contribution >= 0.6 is 15.9 Å². The average Bonchev–Trinajstić information content (AvgIpc) is 2.11. The second-order valence-corrected chi connectivity index (χ2v) is 5.23. The molecule has 0 radical (unpaired) electrons. The first-order valence-electron chi connectivity index (χ1n) is 4.83. The van der Waals surface area contributed by atoms with E-state index in [-0.39, 0.29) is 10.2 Å². The molecule has 1 amide bonds. The van der Waals surface area contributed by atoms with Gasteiger partial charge in [-0.1, -0.05) is 0 Å². The largest absolute Gasteiger partial charge is 0.444 e. The highest BCUT2D eigenvalue weighted by molar-refractivity contribution is 9.10. The third-order valence-electron chi connectivity index (χ3n) is 1.65. The standard InChI is InChI=1S/C11H12BrF2NO2/c1-11(2,3)17-10(16)15-9-4-6(12)7(13)5-8(9)14/h4-5H,1-3H3,(H,15,16). The van der Waals surface area contributed by atoms with Crippen molar-refractivity contribution in [2.45, 2.75) is 26.4 Å². The van der Waals surface area contributed by atoms with Crippen molar-refractivity contribution in [1.82, 2.24) is 0 Å². The summed E-state index contributed by atoms with van der Waals surface area (Å²) in [6, 6.07) is 1.81. The van der Waals surface area contributed by atoms with Gasteiger partial charge >= 0.3 is 6.09 Å². The second kappa shape index (κ2) is 5.00. The van der Waals surface area contributed by atoms with Crippen molar-refractivity contribution < 1.29 is 18.3 Å². The van der Waals surface area contributed by atoms with Gasteiger partial charge in [-0.3, -0.25) is 5.32 Å². The number of nitrogens with one attached hydrogen (secondary N) is 1. The lowest BCUT2D eigenvalue weighted by molar-refractivity contribution is 0.0635. The lowest BCUT2D eigenvalue weighted by Crippen LogP contribution is -2.27. The number of benzene rings is 1. The van der Waals surface area contributed by atoms with Gasteiger partial charge in [-0.25, -0.2) is 13.6 Å². The molecule has 1 rings (SSSR count). The fourth-order valence-corrected chi connectivity index (χ4v) is 1.38. The summed E-state index contributed by atoms with van der Waals surface area (Å²) in [4.78, 5) is 11.4. The number of carbonyl (C=O) groups excluding carboxylic acids is 1. The van der Waals surface area contributed by atoms with Crippen LogP contribution in [0, 0.1) is 11.6 Å². The van der Waals surface area contributed by atoms with E-state index in [1.54, 1.807) is 20.8 Å². The summed E-state index contributed by atoms with van der Waals surface area (Å²) in [5, 5.41) is 2.20. The fourth-order valence-electron chi connectivity index (χ4n) is 1.03. The van der Waals surface area contributed by atoms with Crippen LogP contribution in [0.25, 0.3) is 0 Å². The van der Waals surface area contributed by atoms with Crippen molar-refractivity contribution in [1.29, 1.82) is 0 Å². The van der Waals surface area contributed by atoms with E-state index in [0.29, 0.717) is 6.07 Å². The summed E-state index contributed by atoms with van der Waals surface area (Å²) in [6.07, 6.45) is -0.796. The van der Waals surface area contributed by atoms with Crippen molar-refractivity contribution >= 4 is 27.7 Å².